The minimum Gasteiger partial charge on any atom is -0.377 e. The second kappa shape index (κ2) is 3.46. The van der Waals surface area contributed by atoms with Gasteiger partial charge in [0.25, 0.3) is 0 Å². The molecule has 82 valence electrons. The van der Waals surface area contributed by atoms with Crippen LogP contribution >= 0.6 is 0 Å². The van der Waals surface area contributed by atoms with Crippen molar-refractivity contribution >= 4 is 0 Å². The number of hydrogen-bond donors (Lipinski definition) is 2. The van der Waals surface area contributed by atoms with E-state index < -0.39 is 5.60 Å². The molecule has 1 aromatic carbocycles. The van der Waals surface area contributed by atoms with Gasteiger partial charge in [-0.2, -0.15) is 0 Å². The molecule has 1 aromatic heterocycles. The Hall–Kier alpha value is -1.61. The van der Waals surface area contributed by atoms with Gasteiger partial charge in [-0.1, -0.05) is 30.3 Å². The molecule has 3 rings (SSSR count). The van der Waals surface area contributed by atoms with E-state index in [-0.39, 0.29) is 0 Å². The van der Waals surface area contributed by atoms with Crippen molar-refractivity contribution in [2.24, 2.45) is 5.92 Å². The molecule has 1 aliphatic carbocycles. The van der Waals surface area contributed by atoms with Crippen LogP contribution in [0.5, 0.6) is 0 Å². The lowest BCUT2D eigenvalue weighted by Gasteiger charge is -2.26. The Bertz CT molecular complexity index is 462. The van der Waals surface area contributed by atoms with Crippen LogP contribution in [0.2, 0.25) is 0 Å². The number of nitrogens with zero attached hydrogens (tertiary/aromatic N) is 1. The summed E-state index contributed by atoms with van der Waals surface area (Å²) in [5.74, 6) is 0.947. The summed E-state index contributed by atoms with van der Waals surface area (Å²) in [6.45, 7) is 0. The summed E-state index contributed by atoms with van der Waals surface area (Å²) in [6, 6.07) is 9.78. The topological polar surface area (TPSA) is 48.9 Å². The molecule has 1 aliphatic rings. The molecule has 3 nitrogen and oxygen atoms in total. The predicted octanol–water partition coefficient (Wildman–Crippen LogP) is 2.06. The highest BCUT2D eigenvalue weighted by atomic mass is 16.3. The molecule has 0 aliphatic heterocycles. The number of imidazole rings is 1. The van der Waals surface area contributed by atoms with Crippen molar-refractivity contribution in [3.8, 4) is 0 Å². The zero-order chi connectivity index (χ0) is 11.0. The third-order valence-electron chi connectivity index (χ3n) is 3.24. The van der Waals surface area contributed by atoms with Gasteiger partial charge in [-0.15, -0.1) is 0 Å². The van der Waals surface area contributed by atoms with E-state index in [1.165, 1.54) is 0 Å². The first-order valence-electron chi connectivity index (χ1n) is 5.59. The van der Waals surface area contributed by atoms with Crippen LogP contribution in [0.25, 0.3) is 0 Å². The Morgan fingerprint density at radius 3 is 2.56 bits per heavy atom. The molecule has 1 heterocycles. The minimum absolute atomic E-state index is 0.293. The molecule has 3 heteroatoms. The van der Waals surface area contributed by atoms with Gasteiger partial charge in [0.1, 0.15) is 11.4 Å². The molecule has 0 bridgehead atoms. The van der Waals surface area contributed by atoms with Crippen molar-refractivity contribution in [2.45, 2.75) is 18.4 Å². The quantitative estimate of drug-likeness (QED) is 0.821. The molecule has 0 unspecified atom stereocenters. The van der Waals surface area contributed by atoms with Crippen LogP contribution < -0.4 is 0 Å². The number of nitrogens with one attached hydrogen (secondary N) is 1. The van der Waals surface area contributed by atoms with E-state index in [4.69, 9.17) is 0 Å². The summed E-state index contributed by atoms with van der Waals surface area (Å²) in [6.07, 6.45) is 5.56. The van der Waals surface area contributed by atoms with Gasteiger partial charge in [0.05, 0.1) is 0 Å². The number of aromatic amines is 1. The summed E-state index contributed by atoms with van der Waals surface area (Å²) in [4.78, 5) is 7.26. The maximum absolute atomic E-state index is 10.9. The number of aliphatic hydroxyl groups is 1. The van der Waals surface area contributed by atoms with E-state index in [1.807, 2.05) is 30.3 Å². The Morgan fingerprint density at radius 1 is 1.25 bits per heavy atom. The molecule has 1 atom stereocenters. The van der Waals surface area contributed by atoms with Crippen molar-refractivity contribution in [3.63, 3.8) is 0 Å². The third kappa shape index (κ3) is 1.36. The largest absolute Gasteiger partial charge is 0.377 e. The zero-order valence-corrected chi connectivity index (χ0v) is 8.93. The SMILES string of the molecule is O[C@@](c1ccccc1)(c1ncc[nH]1)C1CC1. The number of H-pyrrole nitrogens is 1. The van der Waals surface area contributed by atoms with Crippen LogP contribution in [0, 0.1) is 5.92 Å². The first kappa shape index (κ1) is 9.60. The normalized spacial score (nSPS) is 19.3. The Balaban J connectivity index is 2.10. The van der Waals surface area contributed by atoms with E-state index in [1.54, 1.807) is 12.4 Å². The highest BCUT2D eigenvalue weighted by Crippen LogP contribution is 2.48. The molecule has 2 N–H and O–H groups in total. The summed E-state index contributed by atoms with van der Waals surface area (Å²) >= 11 is 0. The first-order valence-corrected chi connectivity index (χ1v) is 5.59. The molecule has 1 saturated carbocycles. The number of hydrogen-bond acceptors (Lipinski definition) is 2. The fourth-order valence-corrected chi connectivity index (χ4v) is 2.23. The van der Waals surface area contributed by atoms with Gasteiger partial charge in [0, 0.05) is 12.4 Å². The number of rotatable bonds is 3. The maximum Gasteiger partial charge on any atom is 0.150 e. The fraction of sp³-hybridized carbons (Fsp3) is 0.308. The first-order chi connectivity index (χ1) is 7.82. The highest BCUT2D eigenvalue weighted by Gasteiger charge is 2.48. The number of benzene rings is 1. The van der Waals surface area contributed by atoms with E-state index in [0.29, 0.717) is 11.7 Å². The summed E-state index contributed by atoms with van der Waals surface area (Å²) in [7, 11) is 0. The summed E-state index contributed by atoms with van der Waals surface area (Å²) in [5, 5.41) is 10.9. The van der Waals surface area contributed by atoms with Crippen LogP contribution in [0.3, 0.4) is 0 Å². The monoisotopic (exact) mass is 214 g/mol. The molecule has 1 fully saturated rings. The van der Waals surface area contributed by atoms with Crippen LogP contribution in [0.15, 0.2) is 42.7 Å². The number of aromatic nitrogens is 2. The van der Waals surface area contributed by atoms with Crippen LogP contribution in [-0.2, 0) is 5.60 Å². The van der Waals surface area contributed by atoms with Crippen LogP contribution in [-0.4, -0.2) is 15.1 Å². The van der Waals surface area contributed by atoms with Gasteiger partial charge in [-0.05, 0) is 24.3 Å². The zero-order valence-electron chi connectivity index (χ0n) is 8.93. The molecular formula is C13H14N2O. The van der Waals surface area contributed by atoms with Crippen molar-refractivity contribution < 1.29 is 5.11 Å². The van der Waals surface area contributed by atoms with Crippen LogP contribution in [0.4, 0.5) is 0 Å². The average Bonchev–Trinajstić information content (AvgIpc) is 3.05. The lowest BCUT2D eigenvalue weighted by molar-refractivity contribution is 0.0480. The fourth-order valence-electron chi connectivity index (χ4n) is 2.23. The molecular weight excluding hydrogens is 200 g/mol. The third-order valence-corrected chi connectivity index (χ3v) is 3.24. The second-order valence-electron chi connectivity index (χ2n) is 4.34. The van der Waals surface area contributed by atoms with Gasteiger partial charge in [-0.3, -0.25) is 0 Å². The Labute approximate surface area is 94.2 Å². The van der Waals surface area contributed by atoms with Gasteiger partial charge >= 0.3 is 0 Å². The van der Waals surface area contributed by atoms with E-state index >= 15 is 0 Å². The minimum atomic E-state index is -0.940. The molecule has 0 spiro atoms. The van der Waals surface area contributed by atoms with E-state index in [0.717, 1.165) is 18.4 Å². The van der Waals surface area contributed by atoms with Crippen LogP contribution in [0.1, 0.15) is 24.2 Å². The molecule has 0 saturated heterocycles. The van der Waals surface area contributed by atoms with Crippen molar-refractivity contribution in [1.82, 2.24) is 9.97 Å². The Morgan fingerprint density at radius 2 is 2.00 bits per heavy atom. The molecule has 0 radical (unpaired) electrons. The highest BCUT2D eigenvalue weighted by molar-refractivity contribution is 5.32. The van der Waals surface area contributed by atoms with E-state index in [2.05, 4.69) is 9.97 Å². The van der Waals surface area contributed by atoms with Crippen molar-refractivity contribution in [1.29, 1.82) is 0 Å². The summed E-state index contributed by atoms with van der Waals surface area (Å²) in [5.41, 5.74) is -0.0162. The standard InChI is InChI=1S/C13H14N2O/c16-13(11-6-7-11,12-14-8-9-15-12)10-4-2-1-3-5-10/h1-5,8-9,11,16H,6-7H2,(H,14,15)/t13-/m1/s1. The lowest BCUT2D eigenvalue weighted by Crippen LogP contribution is -2.31. The molecule has 0 amide bonds. The van der Waals surface area contributed by atoms with Gasteiger partial charge < -0.3 is 10.1 Å². The molecule has 16 heavy (non-hydrogen) atoms. The molecule has 2 aromatic rings. The van der Waals surface area contributed by atoms with Gasteiger partial charge in [0.2, 0.25) is 0 Å². The smallest absolute Gasteiger partial charge is 0.150 e. The maximum atomic E-state index is 10.9. The van der Waals surface area contributed by atoms with Gasteiger partial charge in [-0.25, -0.2) is 4.98 Å². The predicted molar refractivity (Wildman–Crippen MR) is 60.8 cm³/mol. The van der Waals surface area contributed by atoms with Gasteiger partial charge in [0.15, 0.2) is 0 Å². The second-order valence-corrected chi connectivity index (χ2v) is 4.34. The lowest BCUT2D eigenvalue weighted by atomic mass is 9.88. The summed E-state index contributed by atoms with van der Waals surface area (Å²) < 4.78 is 0. The van der Waals surface area contributed by atoms with Crippen molar-refractivity contribution in [3.05, 3.63) is 54.1 Å². The average molecular weight is 214 g/mol. The van der Waals surface area contributed by atoms with Crippen molar-refractivity contribution in [2.75, 3.05) is 0 Å². The Kier molecular flexibility index (Phi) is 2.07. The van der Waals surface area contributed by atoms with E-state index in [9.17, 15) is 5.11 Å².